The molecule has 0 radical (unpaired) electrons. The van der Waals surface area contributed by atoms with Crippen LogP contribution in [0.4, 0.5) is 0 Å². The Kier molecular flexibility index (Phi) is 40.1. The number of unbranched alkanes of at least 4 members (excludes halogenated alkanes) is 2. The van der Waals surface area contributed by atoms with Crippen LogP contribution in [0, 0.1) is 0 Å². The van der Waals surface area contributed by atoms with Gasteiger partial charge in [-0.1, -0.05) is 72.8 Å². The molecule has 0 aliphatic carbocycles. The van der Waals surface area contributed by atoms with Gasteiger partial charge in [-0.25, -0.2) is 0 Å². The number of thiol groups is 2. The largest absolute Gasteiger partial charge is 0.497 e. The quantitative estimate of drug-likeness (QED) is 0.0133. The van der Waals surface area contributed by atoms with Crippen molar-refractivity contribution in [3.05, 3.63) is 114 Å². The summed E-state index contributed by atoms with van der Waals surface area (Å²) in [7, 11) is 1.41. The van der Waals surface area contributed by atoms with Gasteiger partial charge in [0.1, 0.15) is 77.7 Å². The van der Waals surface area contributed by atoms with Gasteiger partial charge in [-0.05, 0) is 145 Å². The number of ether oxygens (including phenoxy) is 1. The monoisotopic (exact) mass is 1780 g/mol. The van der Waals surface area contributed by atoms with E-state index in [2.05, 4.69) is 86.7 Å². The van der Waals surface area contributed by atoms with E-state index in [0.717, 1.165) is 19.2 Å². The third-order valence-electron chi connectivity index (χ3n) is 20.2. The molecule has 125 heavy (non-hydrogen) atoms. The number of hydrogen-bond acceptors (Lipinski definition) is 23. The molecular formula is C83H118N20O20S2. The van der Waals surface area contributed by atoms with Gasteiger partial charge in [0.15, 0.2) is 0 Å². The average molecular weight is 1780 g/mol. The van der Waals surface area contributed by atoms with Gasteiger partial charge in [-0.15, -0.1) is 0 Å². The number of nitrogens with two attached hydrogens (primary N) is 6. The van der Waals surface area contributed by atoms with Gasteiger partial charge in [-0.3, -0.25) is 86.3 Å². The number of primary amides is 5. The first-order chi connectivity index (χ1) is 58.6. The summed E-state index contributed by atoms with van der Waals surface area (Å²) in [6.45, 7) is 11.0. The molecule has 27 N–H and O–H groups in total. The summed E-state index contributed by atoms with van der Waals surface area (Å²) < 4.78 is 2.55. The molecule has 682 valence electrons. The number of hydrogen-bond donors (Lipinski definition) is 23. The smallest absolute Gasteiger partial charge is 0.246 e. The Morgan fingerprint density at radius 3 is 1.47 bits per heavy atom. The van der Waals surface area contributed by atoms with Crippen molar-refractivity contribution in [2.45, 2.75) is 239 Å². The summed E-state index contributed by atoms with van der Waals surface area (Å²) in [5.41, 5.74) is 33.1. The minimum atomic E-state index is -2.03. The second-order valence-corrected chi connectivity index (χ2v) is 34.2. The highest BCUT2D eigenvalue weighted by atomic mass is 32.1. The number of aliphatic hydroxyl groups is 1. The Balaban J connectivity index is 1.57. The van der Waals surface area contributed by atoms with Gasteiger partial charge in [0.05, 0.1) is 26.1 Å². The molecule has 0 spiro atoms. The maximum Gasteiger partial charge on any atom is 0.246 e. The number of aliphatic hydroxyl groups excluding tert-OH is 1. The van der Waals surface area contributed by atoms with Crippen molar-refractivity contribution in [2.75, 3.05) is 20.2 Å². The summed E-state index contributed by atoms with van der Waals surface area (Å²) in [4.78, 5) is 251. The standard InChI is InChI=1S/C83H118N20O20S2/c1-43(104)66(101-71(113)55(29-31-62(85)107)94-78(120)67(81(4,5)124)92-45(3)106)77(119)98-60(39-50-42-91-53-21-13-12-20-52(50)53)74(116)93-56(30-32-63(86)108)72(114)102-68(82(6,7)125)79(121)99-58(37-46-24-27-51(123-9)28-25-46)73(115)96-59(38-47-23-26-48-18-10-11-19-49(48)36-47)76(118)103-83(8,33-15-16-34-84)80(122)100-54(22-14-17-35-90-44(2)105)70(112)97-61(41-65(88)110)75(117)95-57(69(89)111)40-64(87)109/h10-13,18-21,23-28,36,42-43,54-61,66-68,91,104,124-125H,14-17,22,29-35,37-41,84H2,1-9H3,(H2,85,107)(H2,86,108)(H2,87,109)(H2,88,110)(H2,89,111)(H,90,105)(H,92,106)(H,93,116)(H,94,120)(H,95,117)(H,96,115)(H,97,112)(H,98,119)(H,99,121)(H,100,122)(H,101,113)(H,102,114)(H,103,118)/t43-,54+,55+,56+,57+,58+,59+,60+,61+,66+,67-,68-,83+/m1/s1. The zero-order valence-corrected chi connectivity index (χ0v) is 73.0. The first-order valence-electron chi connectivity index (χ1n) is 40.4. The van der Waals surface area contributed by atoms with Crippen molar-refractivity contribution in [3.63, 3.8) is 0 Å². The third-order valence-corrected chi connectivity index (χ3v) is 20.7. The Labute approximate surface area is 733 Å². The molecule has 1 heterocycles. The summed E-state index contributed by atoms with van der Waals surface area (Å²) in [6.07, 6.45) is -4.58. The van der Waals surface area contributed by atoms with Crippen molar-refractivity contribution >= 4 is 153 Å². The molecule has 0 saturated heterocycles. The first kappa shape index (κ1) is 103. The first-order valence-corrected chi connectivity index (χ1v) is 41.3. The summed E-state index contributed by atoms with van der Waals surface area (Å²) in [5, 5.41) is 46.4. The van der Waals surface area contributed by atoms with Crippen LogP contribution in [-0.4, -0.2) is 224 Å². The Morgan fingerprint density at radius 1 is 0.456 bits per heavy atom. The van der Waals surface area contributed by atoms with Crippen molar-refractivity contribution in [1.82, 2.24) is 74.1 Å². The van der Waals surface area contributed by atoms with Crippen molar-refractivity contribution < 1.29 is 96.1 Å². The molecule has 1 aromatic heterocycles. The topological polar surface area (TPSA) is 665 Å². The van der Waals surface area contributed by atoms with E-state index >= 15 is 28.8 Å². The molecule has 5 aromatic rings. The predicted octanol–water partition coefficient (Wildman–Crippen LogP) is -3.41. The van der Waals surface area contributed by atoms with E-state index < -0.39 is 227 Å². The predicted molar refractivity (Wildman–Crippen MR) is 467 cm³/mol. The Hall–Kier alpha value is -12.4. The molecule has 4 aromatic carbocycles. The molecular weight excluding hydrogens is 1660 g/mol. The van der Waals surface area contributed by atoms with Gasteiger partial charge >= 0.3 is 0 Å². The molecule has 0 fully saturated rings. The van der Waals surface area contributed by atoms with E-state index in [4.69, 9.17) is 51.8 Å². The highest BCUT2D eigenvalue weighted by Crippen LogP contribution is 2.26. The number of rotatable bonds is 53. The molecule has 5 rings (SSSR count). The molecule has 18 amide bonds. The van der Waals surface area contributed by atoms with Crippen LogP contribution in [0.15, 0.2) is 97.2 Å². The lowest BCUT2D eigenvalue weighted by molar-refractivity contribution is -0.138. The van der Waals surface area contributed by atoms with Crippen LogP contribution >= 0.6 is 25.3 Å². The number of benzene rings is 4. The number of aromatic amines is 1. The summed E-state index contributed by atoms with van der Waals surface area (Å²) in [6, 6.07) is 6.79. The molecule has 0 saturated carbocycles. The van der Waals surface area contributed by atoms with Crippen LogP contribution in [0.5, 0.6) is 5.75 Å². The highest BCUT2D eigenvalue weighted by Gasteiger charge is 2.44. The lowest BCUT2D eigenvalue weighted by atomic mass is 9.91. The minimum absolute atomic E-state index is 0.111. The maximum atomic E-state index is 15.6. The zero-order chi connectivity index (χ0) is 93.4. The van der Waals surface area contributed by atoms with E-state index in [1.807, 2.05) is 12.1 Å². The van der Waals surface area contributed by atoms with Gasteiger partial charge < -0.3 is 118 Å². The average Bonchev–Trinajstić information content (AvgIpc) is 1.27. The lowest BCUT2D eigenvalue weighted by Crippen LogP contribution is -2.65. The number of nitrogens with one attached hydrogen (secondary N) is 14. The maximum absolute atomic E-state index is 15.6. The van der Waals surface area contributed by atoms with Crippen molar-refractivity contribution in [3.8, 4) is 5.75 Å². The van der Waals surface area contributed by atoms with Crippen LogP contribution in [-0.2, 0) is 106 Å². The summed E-state index contributed by atoms with van der Waals surface area (Å²) >= 11 is 9.19. The van der Waals surface area contributed by atoms with E-state index in [1.165, 1.54) is 54.8 Å². The number of carbonyl (C=O) groups excluding carboxylic acids is 18. The van der Waals surface area contributed by atoms with Crippen LogP contribution < -0.4 is 108 Å². The third kappa shape index (κ3) is 34.0. The van der Waals surface area contributed by atoms with E-state index in [0.29, 0.717) is 38.7 Å². The van der Waals surface area contributed by atoms with Crippen LogP contribution in [0.25, 0.3) is 21.7 Å². The number of H-pyrrole nitrogens is 1. The lowest BCUT2D eigenvalue weighted by Gasteiger charge is -2.34. The number of methoxy groups -OCH3 is 1. The number of amides is 18. The number of aromatic nitrogens is 1. The Bertz CT molecular complexity index is 4710. The molecule has 13 atom stereocenters. The van der Waals surface area contributed by atoms with Gasteiger partial charge in [-0.2, -0.15) is 25.3 Å². The van der Waals surface area contributed by atoms with Gasteiger partial charge in [0.2, 0.25) is 106 Å². The Morgan fingerprint density at radius 2 is 0.920 bits per heavy atom. The number of para-hydroxylation sites is 1. The fourth-order valence-electron chi connectivity index (χ4n) is 13.3. The van der Waals surface area contributed by atoms with Gasteiger partial charge in [0, 0.05) is 79.1 Å². The molecule has 0 aliphatic heterocycles. The SMILES string of the molecule is COc1ccc(C[C@H](NC(=O)[C@@H](NC(=O)[C@H](CCC(N)=O)NC(=O)[C@H](Cc2c[nH]c3ccccc23)NC(=O)[C@@H](NC(=O)[C@H](CCC(N)=O)NC(=O)[C@@H](NC(C)=O)C(C)(C)S)[C@@H](C)O)C(C)(C)S)C(=O)N[C@@H](Cc2ccc3ccccc3c2)C(=O)N[C@@](C)(CCCCN)C(=O)N[C@@H](CCCCNC(C)=O)C(=O)N[C@@H](CC(N)=O)C(=O)N[C@@H](CC(N)=O)C(N)=O)cc1. The zero-order valence-electron chi connectivity index (χ0n) is 71.2. The van der Waals surface area contributed by atoms with Gasteiger partial charge in [0.25, 0.3) is 0 Å². The van der Waals surface area contributed by atoms with E-state index in [1.54, 1.807) is 78.9 Å². The molecule has 0 bridgehead atoms. The van der Waals surface area contributed by atoms with Crippen LogP contribution in [0.2, 0.25) is 0 Å². The van der Waals surface area contributed by atoms with Crippen LogP contribution in [0.1, 0.15) is 149 Å². The molecule has 0 unspecified atom stereocenters. The molecule has 40 nitrogen and oxygen atoms in total. The molecule has 0 aliphatic rings. The fraction of sp³-hybridized carbons (Fsp3) is 0.494. The second-order valence-electron chi connectivity index (χ2n) is 31.9. The molecule has 42 heteroatoms. The number of carbonyl (C=O) groups is 18. The van der Waals surface area contributed by atoms with Crippen molar-refractivity contribution in [2.24, 2.45) is 34.4 Å². The van der Waals surface area contributed by atoms with E-state index in [-0.39, 0.29) is 76.8 Å². The highest BCUT2D eigenvalue weighted by molar-refractivity contribution is 7.82. The minimum Gasteiger partial charge on any atom is -0.497 e. The second kappa shape index (κ2) is 48.6. The fourth-order valence-corrected chi connectivity index (χ4v) is 13.7. The summed E-state index contributed by atoms with van der Waals surface area (Å²) in [5.74, 6) is -17.7. The van der Waals surface area contributed by atoms with Crippen molar-refractivity contribution in [1.29, 1.82) is 0 Å². The van der Waals surface area contributed by atoms with E-state index in [9.17, 15) is 62.6 Å². The number of fused-ring (bicyclic) bond motifs is 2. The normalized spacial score (nSPS) is 14.8. The van der Waals surface area contributed by atoms with Crippen LogP contribution in [0.3, 0.4) is 0 Å².